The van der Waals surface area contributed by atoms with E-state index in [2.05, 4.69) is 20.9 Å². The highest BCUT2D eigenvalue weighted by Crippen LogP contribution is 2.28. The maximum absolute atomic E-state index is 11.7. The first-order valence-electron chi connectivity index (χ1n) is 10.2. The Balaban J connectivity index is 0.00000320. The first-order valence-corrected chi connectivity index (χ1v) is 10.2. The number of hydrogen-bond acceptors (Lipinski definition) is 4. The lowest BCUT2D eigenvalue weighted by molar-refractivity contribution is -0.122. The smallest absolute Gasteiger partial charge is 0.223 e. The summed E-state index contributed by atoms with van der Waals surface area (Å²) in [6, 6.07) is 11.6. The molecule has 7 nitrogen and oxygen atoms in total. The largest absolute Gasteiger partial charge is 0.491 e. The van der Waals surface area contributed by atoms with Crippen LogP contribution < -0.4 is 20.7 Å². The summed E-state index contributed by atoms with van der Waals surface area (Å²) in [5.74, 6) is 2.77. The number of halogens is 1. The van der Waals surface area contributed by atoms with Gasteiger partial charge in [-0.3, -0.25) is 9.79 Å². The number of carbonyl (C=O) groups is 1. The molecule has 164 valence electrons. The third kappa shape index (κ3) is 8.64. The van der Waals surface area contributed by atoms with Crippen LogP contribution in [0.1, 0.15) is 32.4 Å². The highest BCUT2D eigenvalue weighted by Gasteiger charge is 2.28. The van der Waals surface area contributed by atoms with E-state index < -0.39 is 0 Å². The molecule has 3 rings (SSSR count). The van der Waals surface area contributed by atoms with Crippen LogP contribution in [0.25, 0.3) is 0 Å². The minimum absolute atomic E-state index is 0. The Hall–Kier alpha value is -2.23. The molecule has 1 aliphatic rings. The zero-order chi connectivity index (χ0) is 20.5. The van der Waals surface area contributed by atoms with Crippen molar-refractivity contribution in [2.45, 2.75) is 39.2 Å². The molecule has 3 N–H and O–H groups in total. The summed E-state index contributed by atoms with van der Waals surface area (Å²) in [7, 11) is 0. The van der Waals surface area contributed by atoms with E-state index in [1.54, 1.807) is 6.26 Å². The van der Waals surface area contributed by atoms with Crippen molar-refractivity contribution in [3.8, 4) is 5.75 Å². The average Bonchev–Trinajstić information content (AvgIpc) is 3.43. The molecule has 30 heavy (non-hydrogen) atoms. The lowest BCUT2D eigenvalue weighted by Gasteiger charge is -2.14. The lowest BCUT2D eigenvalue weighted by Crippen LogP contribution is -2.38. The van der Waals surface area contributed by atoms with Crippen LogP contribution in [0, 0.1) is 5.92 Å². The SMILES string of the molecule is CC(C)Oc1ccc(NC(=NCCc2ccco2)NCCNC(=O)C2CC2)cc1.I. The van der Waals surface area contributed by atoms with E-state index in [4.69, 9.17) is 9.15 Å². The Kier molecular flexibility index (Phi) is 9.99. The Morgan fingerprint density at radius 2 is 1.90 bits per heavy atom. The Bertz CT molecular complexity index is 787. The standard InChI is InChI=1S/C22H30N4O3.HI/c1-16(2)29-20-9-7-18(8-10-20)26-22(24-12-11-19-4-3-15-28-19)25-14-13-23-21(27)17-5-6-17;/h3-4,7-10,15-17H,5-6,11-14H2,1-2H3,(H,23,27)(H2,24,25,26);1H. The molecule has 1 aliphatic carbocycles. The molecule has 1 saturated carbocycles. The highest BCUT2D eigenvalue weighted by atomic mass is 127. The molecule has 1 aromatic heterocycles. The van der Waals surface area contributed by atoms with Crippen LogP contribution in [-0.4, -0.2) is 37.6 Å². The predicted molar refractivity (Wildman–Crippen MR) is 130 cm³/mol. The van der Waals surface area contributed by atoms with Crippen molar-refractivity contribution >= 4 is 41.5 Å². The number of anilines is 1. The molecule has 1 heterocycles. The van der Waals surface area contributed by atoms with Gasteiger partial charge in [-0.05, 0) is 63.1 Å². The quantitative estimate of drug-likeness (QED) is 0.190. The van der Waals surface area contributed by atoms with Crippen LogP contribution in [0.3, 0.4) is 0 Å². The van der Waals surface area contributed by atoms with Crippen LogP contribution in [0.15, 0.2) is 52.1 Å². The number of ether oxygens (including phenoxy) is 1. The molecule has 1 amide bonds. The second-order valence-corrected chi connectivity index (χ2v) is 7.37. The van der Waals surface area contributed by atoms with E-state index in [1.807, 2.05) is 50.2 Å². The summed E-state index contributed by atoms with van der Waals surface area (Å²) < 4.78 is 11.0. The van der Waals surface area contributed by atoms with Gasteiger partial charge in [-0.15, -0.1) is 24.0 Å². The molecule has 1 aromatic carbocycles. The number of rotatable bonds is 10. The first kappa shape index (κ1) is 24.0. The zero-order valence-electron chi connectivity index (χ0n) is 17.5. The normalized spacial score (nSPS) is 13.5. The maximum atomic E-state index is 11.7. The third-order valence-corrected chi connectivity index (χ3v) is 4.36. The predicted octanol–water partition coefficient (Wildman–Crippen LogP) is 3.81. The Morgan fingerprint density at radius 3 is 2.53 bits per heavy atom. The fourth-order valence-corrected chi connectivity index (χ4v) is 2.75. The van der Waals surface area contributed by atoms with Gasteiger partial charge < -0.3 is 25.1 Å². The van der Waals surface area contributed by atoms with Crippen molar-refractivity contribution in [2.75, 3.05) is 25.0 Å². The zero-order valence-corrected chi connectivity index (χ0v) is 19.8. The molecular weight excluding hydrogens is 495 g/mol. The highest BCUT2D eigenvalue weighted by molar-refractivity contribution is 14.0. The Morgan fingerprint density at radius 1 is 1.17 bits per heavy atom. The summed E-state index contributed by atoms with van der Waals surface area (Å²) >= 11 is 0. The molecule has 0 aliphatic heterocycles. The van der Waals surface area contributed by atoms with Gasteiger partial charge in [0.15, 0.2) is 5.96 Å². The topological polar surface area (TPSA) is 87.9 Å². The van der Waals surface area contributed by atoms with Gasteiger partial charge in [0.25, 0.3) is 0 Å². The number of nitrogens with zero attached hydrogens (tertiary/aromatic N) is 1. The van der Waals surface area contributed by atoms with Crippen molar-refractivity contribution in [3.05, 3.63) is 48.4 Å². The summed E-state index contributed by atoms with van der Waals surface area (Å²) in [5.41, 5.74) is 0.910. The van der Waals surface area contributed by atoms with Gasteiger partial charge in [0.05, 0.1) is 12.4 Å². The first-order chi connectivity index (χ1) is 14.1. The second-order valence-electron chi connectivity index (χ2n) is 7.37. The van der Waals surface area contributed by atoms with Crippen molar-refractivity contribution in [1.82, 2.24) is 10.6 Å². The van der Waals surface area contributed by atoms with E-state index in [0.29, 0.717) is 25.6 Å². The minimum atomic E-state index is 0. The van der Waals surface area contributed by atoms with Gasteiger partial charge in [-0.25, -0.2) is 0 Å². The molecule has 1 fully saturated rings. The Labute approximate surface area is 195 Å². The van der Waals surface area contributed by atoms with E-state index in [9.17, 15) is 4.79 Å². The number of aliphatic imine (C=N–C) groups is 1. The molecule has 2 aromatic rings. The summed E-state index contributed by atoms with van der Waals surface area (Å²) in [6.07, 6.45) is 4.55. The maximum Gasteiger partial charge on any atom is 0.223 e. The van der Waals surface area contributed by atoms with Gasteiger partial charge in [0.1, 0.15) is 11.5 Å². The average molecular weight is 526 g/mol. The van der Waals surface area contributed by atoms with E-state index in [1.165, 1.54) is 0 Å². The molecule has 0 saturated heterocycles. The molecule has 0 spiro atoms. The van der Waals surface area contributed by atoms with E-state index in [0.717, 1.165) is 36.5 Å². The van der Waals surface area contributed by atoms with Crippen molar-refractivity contribution in [1.29, 1.82) is 0 Å². The van der Waals surface area contributed by atoms with Crippen LogP contribution in [0.4, 0.5) is 5.69 Å². The van der Waals surface area contributed by atoms with Gasteiger partial charge in [-0.1, -0.05) is 0 Å². The van der Waals surface area contributed by atoms with Crippen molar-refractivity contribution in [2.24, 2.45) is 10.9 Å². The minimum Gasteiger partial charge on any atom is -0.491 e. The fraction of sp³-hybridized carbons (Fsp3) is 0.455. The number of hydrogen-bond donors (Lipinski definition) is 3. The van der Waals surface area contributed by atoms with E-state index >= 15 is 0 Å². The van der Waals surface area contributed by atoms with Gasteiger partial charge in [0, 0.05) is 37.7 Å². The fourth-order valence-electron chi connectivity index (χ4n) is 2.75. The summed E-state index contributed by atoms with van der Waals surface area (Å²) in [6.45, 7) is 5.75. The lowest BCUT2D eigenvalue weighted by atomic mass is 10.3. The molecule has 0 atom stereocenters. The molecular formula is C22H31IN4O3. The molecule has 8 heteroatoms. The van der Waals surface area contributed by atoms with Crippen LogP contribution in [-0.2, 0) is 11.2 Å². The molecule has 0 bridgehead atoms. The van der Waals surface area contributed by atoms with Gasteiger partial charge >= 0.3 is 0 Å². The third-order valence-electron chi connectivity index (χ3n) is 4.36. The number of carbonyl (C=O) groups excluding carboxylic acids is 1. The van der Waals surface area contributed by atoms with Crippen LogP contribution in [0.5, 0.6) is 5.75 Å². The van der Waals surface area contributed by atoms with Crippen molar-refractivity contribution in [3.63, 3.8) is 0 Å². The molecule has 0 radical (unpaired) electrons. The van der Waals surface area contributed by atoms with Crippen LogP contribution >= 0.6 is 24.0 Å². The van der Waals surface area contributed by atoms with Crippen LogP contribution in [0.2, 0.25) is 0 Å². The van der Waals surface area contributed by atoms with E-state index in [-0.39, 0.29) is 41.9 Å². The monoisotopic (exact) mass is 526 g/mol. The number of guanidine groups is 1. The number of nitrogens with one attached hydrogen (secondary N) is 3. The van der Waals surface area contributed by atoms with Gasteiger partial charge in [0.2, 0.25) is 5.91 Å². The van der Waals surface area contributed by atoms with Gasteiger partial charge in [-0.2, -0.15) is 0 Å². The number of furan rings is 1. The number of amides is 1. The second kappa shape index (κ2) is 12.5. The summed E-state index contributed by atoms with van der Waals surface area (Å²) in [5, 5.41) is 9.53. The summed E-state index contributed by atoms with van der Waals surface area (Å²) in [4.78, 5) is 16.4. The molecule has 0 unspecified atom stereocenters. The van der Waals surface area contributed by atoms with Crippen molar-refractivity contribution < 1.29 is 13.9 Å². The number of benzene rings is 1.